The van der Waals surface area contributed by atoms with Crippen LogP contribution in [-0.4, -0.2) is 47.2 Å². The van der Waals surface area contributed by atoms with Crippen molar-refractivity contribution in [3.05, 3.63) is 29.3 Å². The van der Waals surface area contributed by atoms with E-state index in [0.717, 1.165) is 34.2 Å². The summed E-state index contributed by atoms with van der Waals surface area (Å²) in [5.74, 6) is 0.780. The summed E-state index contributed by atoms with van der Waals surface area (Å²) in [7, 11) is 1.57. The number of nitrogens with zero attached hydrogens (tertiary/aromatic N) is 1. The van der Waals surface area contributed by atoms with Gasteiger partial charge in [0.05, 0.1) is 6.04 Å². The van der Waals surface area contributed by atoms with Crippen molar-refractivity contribution in [2.45, 2.75) is 49.6 Å². The number of hydrogen-bond acceptors (Lipinski definition) is 4. The zero-order chi connectivity index (χ0) is 18.9. The van der Waals surface area contributed by atoms with Crippen LogP contribution in [0, 0.1) is 0 Å². The van der Waals surface area contributed by atoms with E-state index in [1.165, 1.54) is 12.8 Å². The van der Waals surface area contributed by atoms with Crippen LogP contribution >= 0.6 is 27.7 Å². The van der Waals surface area contributed by atoms with Gasteiger partial charge in [0.2, 0.25) is 5.91 Å². The fourth-order valence-corrected chi connectivity index (χ4v) is 4.47. The molecule has 0 aromatic heterocycles. The van der Waals surface area contributed by atoms with Crippen LogP contribution in [0.3, 0.4) is 0 Å². The minimum absolute atomic E-state index is 0.115. The first-order valence-corrected chi connectivity index (χ1v) is 11.0. The number of halogens is 1. The van der Waals surface area contributed by atoms with Crippen LogP contribution in [0.15, 0.2) is 23.1 Å². The predicted octanol–water partition coefficient (Wildman–Crippen LogP) is 3.39. The molecule has 2 amide bonds. The summed E-state index contributed by atoms with van der Waals surface area (Å²) >= 11 is 5.22. The molecule has 0 radical (unpaired) electrons. The normalized spacial score (nSPS) is 14.2. The second-order valence-corrected chi connectivity index (χ2v) is 8.16. The van der Waals surface area contributed by atoms with E-state index in [2.05, 4.69) is 21.2 Å². The molecule has 1 aromatic carbocycles. The Morgan fingerprint density at radius 3 is 2.88 bits per heavy atom. The lowest BCUT2D eigenvalue weighted by molar-refractivity contribution is -0.121. The van der Waals surface area contributed by atoms with Crippen molar-refractivity contribution in [2.24, 2.45) is 0 Å². The van der Waals surface area contributed by atoms with Gasteiger partial charge in [-0.15, -0.1) is 11.8 Å². The number of carbonyl (C=O) groups excluding carboxylic acids is 3. The third-order valence-electron chi connectivity index (χ3n) is 4.49. The van der Waals surface area contributed by atoms with Crippen molar-refractivity contribution in [1.29, 1.82) is 0 Å². The molecule has 0 saturated heterocycles. The third-order valence-corrected chi connectivity index (χ3v) is 6.24. The molecular weight excluding hydrogens is 416 g/mol. The maximum atomic E-state index is 12.7. The Labute approximate surface area is 167 Å². The van der Waals surface area contributed by atoms with E-state index in [-0.39, 0.29) is 18.2 Å². The van der Waals surface area contributed by atoms with Crippen LogP contribution in [0.4, 0.5) is 0 Å². The molecule has 0 spiro atoms. The number of thioether (sulfide) groups is 1. The van der Waals surface area contributed by atoms with Gasteiger partial charge in [0.1, 0.15) is 6.29 Å². The highest BCUT2D eigenvalue weighted by atomic mass is 79.9. The van der Waals surface area contributed by atoms with Gasteiger partial charge in [-0.2, -0.15) is 0 Å². The number of rotatable bonds is 11. The molecule has 1 aliphatic heterocycles. The summed E-state index contributed by atoms with van der Waals surface area (Å²) < 4.78 is 0. The molecule has 1 aromatic rings. The van der Waals surface area contributed by atoms with Crippen molar-refractivity contribution >= 4 is 45.8 Å². The summed E-state index contributed by atoms with van der Waals surface area (Å²) in [6.45, 7) is 0.440. The second kappa shape index (κ2) is 10.7. The number of hydrogen-bond donors (Lipinski definition) is 1. The quantitative estimate of drug-likeness (QED) is 0.248. The van der Waals surface area contributed by atoms with Crippen molar-refractivity contribution in [1.82, 2.24) is 10.2 Å². The van der Waals surface area contributed by atoms with E-state index in [9.17, 15) is 14.4 Å². The highest BCUT2D eigenvalue weighted by molar-refractivity contribution is 9.09. The minimum atomic E-state index is -0.566. The number of nitrogens with one attached hydrogen (secondary N) is 1. The van der Waals surface area contributed by atoms with Crippen LogP contribution in [0.5, 0.6) is 0 Å². The van der Waals surface area contributed by atoms with Crippen molar-refractivity contribution in [3.63, 3.8) is 0 Å². The first-order valence-electron chi connectivity index (χ1n) is 8.89. The number of fused-ring (bicyclic) bond motifs is 1. The van der Waals surface area contributed by atoms with Gasteiger partial charge in [-0.25, -0.2) is 0 Å². The van der Waals surface area contributed by atoms with Crippen molar-refractivity contribution in [2.75, 3.05) is 18.1 Å². The van der Waals surface area contributed by atoms with Crippen LogP contribution in [0.2, 0.25) is 0 Å². The molecule has 26 heavy (non-hydrogen) atoms. The Morgan fingerprint density at radius 2 is 2.19 bits per heavy atom. The van der Waals surface area contributed by atoms with Crippen LogP contribution in [0.1, 0.15) is 48.0 Å². The molecule has 1 N–H and O–H groups in total. The minimum Gasteiger partial charge on any atom is -0.359 e. The maximum Gasteiger partial charge on any atom is 0.255 e. The molecule has 0 saturated carbocycles. The zero-order valence-corrected chi connectivity index (χ0v) is 17.4. The van der Waals surface area contributed by atoms with Gasteiger partial charge in [-0.05, 0) is 42.7 Å². The van der Waals surface area contributed by atoms with Gasteiger partial charge < -0.3 is 15.0 Å². The molecule has 0 fully saturated rings. The molecule has 1 atom stereocenters. The smallest absolute Gasteiger partial charge is 0.255 e. The number of benzene rings is 1. The number of amides is 2. The lowest BCUT2D eigenvalue weighted by Crippen LogP contribution is -2.37. The van der Waals surface area contributed by atoms with E-state index in [1.54, 1.807) is 23.7 Å². The molecule has 2 rings (SSSR count). The second-order valence-electron chi connectivity index (χ2n) is 6.23. The molecule has 0 bridgehead atoms. The summed E-state index contributed by atoms with van der Waals surface area (Å²) in [5, 5.41) is 3.58. The van der Waals surface area contributed by atoms with E-state index in [1.807, 2.05) is 18.2 Å². The average molecular weight is 441 g/mol. The van der Waals surface area contributed by atoms with Gasteiger partial charge in [-0.1, -0.05) is 28.4 Å². The van der Waals surface area contributed by atoms with E-state index >= 15 is 0 Å². The summed E-state index contributed by atoms with van der Waals surface area (Å²) in [5.41, 5.74) is 1.69. The standard InChI is InChI=1S/C19H25BrN2O3S/c1-21-18(24)9-8-14(13-23)22-12-16-15(19(22)25)6-5-7-17(16)26-11-4-2-3-10-20/h5-7,13-14H,2-4,8-12H2,1H3,(H,21,24). The third kappa shape index (κ3) is 5.33. The number of alkyl halides is 1. The molecule has 1 unspecified atom stereocenters. The Hall–Kier alpha value is -1.34. The van der Waals surface area contributed by atoms with Crippen molar-refractivity contribution in [3.8, 4) is 0 Å². The number of unbranched alkanes of at least 4 members (excludes halogenated alkanes) is 2. The highest BCUT2D eigenvalue weighted by Gasteiger charge is 2.34. The molecule has 1 heterocycles. The largest absolute Gasteiger partial charge is 0.359 e. The maximum absolute atomic E-state index is 12.7. The predicted molar refractivity (Wildman–Crippen MR) is 108 cm³/mol. The van der Waals surface area contributed by atoms with Gasteiger partial charge in [-0.3, -0.25) is 9.59 Å². The van der Waals surface area contributed by atoms with E-state index < -0.39 is 6.04 Å². The van der Waals surface area contributed by atoms with Gasteiger partial charge >= 0.3 is 0 Å². The summed E-state index contributed by atoms with van der Waals surface area (Å²) in [6.07, 6.45) is 4.85. The zero-order valence-electron chi connectivity index (χ0n) is 15.0. The van der Waals surface area contributed by atoms with Gasteiger partial charge in [0.25, 0.3) is 5.91 Å². The fourth-order valence-electron chi connectivity index (χ4n) is 2.99. The number of aldehydes is 1. The SMILES string of the molecule is CNC(=O)CCC(C=O)N1Cc2c(SCCCCCBr)cccc2C1=O. The summed E-state index contributed by atoms with van der Waals surface area (Å²) in [4.78, 5) is 38.4. The van der Waals surface area contributed by atoms with Crippen molar-refractivity contribution < 1.29 is 14.4 Å². The first-order chi connectivity index (χ1) is 12.6. The lowest BCUT2D eigenvalue weighted by Gasteiger charge is -2.22. The van der Waals surface area contributed by atoms with E-state index in [0.29, 0.717) is 18.5 Å². The van der Waals surface area contributed by atoms with Gasteiger partial charge in [0, 0.05) is 35.8 Å². The summed E-state index contributed by atoms with van der Waals surface area (Å²) in [6, 6.07) is 5.21. The highest BCUT2D eigenvalue weighted by Crippen LogP contribution is 2.34. The molecule has 1 aliphatic rings. The Morgan fingerprint density at radius 1 is 1.38 bits per heavy atom. The van der Waals surface area contributed by atoms with Gasteiger partial charge in [0.15, 0.2) is 0 Å². The van der Waals surface area contributed by atoms with Crippen LogP contribution in [0.25, 0.3) is 0 Å². The Balaban J connectivity index is 2.03. The monoisotopic (exact) mass is 440 g/mol. The molecule has 7 heteroatoms. The molecule has 142 valence electrons. The lowest BCUT2D eigenvalue weighted by atomic mass is 10.1. The molecular formula is C19H25BrN2O3S. The number of carbonyl (C=O) groups is 3. The topological polar surface area (TPSA) is 66.5 Å². The average Bonchev–Trinajstić information content (AvgIpc) is 2.99. The fraction of sp³-hybridized carbons (Fsp3) is 0.526. The van der Waals surface area contributed by atoms with Crippen LogP contribution < -0.4 is 5.32 Å². The Kier molecular flexibility index (Phi) is 8.65. The Bertz CT molecular complexity index is 654. The molecule has 0 aliphatic carbocycles. The first kappa shape index (κ1) is 21.0. The molecule has 5 nitrogen and oxygen atoms in total. The van der Waals surface area contributed by atoms with Crippen LogP contribution in [-0.2, 0) is 16.1 Å². The van der Waals surface area contributed by atoms with E-state index in [4.69, 9.17) is 0 Å².